The first-order chi connectivity index (χ1) is 8.32. The number of hydrogen-bond donors (Lipinski definition) is 0. The number of rotatable bonds is 5. The van der Waals surface area contributed by atoms with E-state index in [-0.39, 0.29) is 17.4 Å². The van der Waals surface area contributed by atoms with Crippen LogP contribution in [0.3, 0.4) is 0 Å². The molecule has 1 rings (SSSR count). The predicted octanol–water partition coefficient (Wildman–Crippen LogP) is 2.06. The third kappa shape index (κ3) is 3.42. The number of Topliss-reactive ketones (excluding diaryl/α,β-unsaturated/α-hetero) is 1. The summed E-state index contributed by atoms with van der Waals surface area (Å²) < 4.78 is 4.87. The van der Waals surface area contributed by atoms with Crippen molar-refractivity contribution >= 4 is 11.7 Å². The molecule has 1 atom stereocenters. The number of amides is 1. The molecule has 0 spiro atoms. The van der Waals surface area contributed by atoms with E-state index in [4.69, 9.17) is 4.52 Å². The van der Waals surface area contributed by atoms with E-state index in [9.17, 15) is 9.59 Å². The Morgan fingerprint density at radius 2 is 2.06 bits per heavy atom. The van der Waals surface area contributed by atoms with Gasteiger partial charge in [-0.3, -0.25) is 9.59 Å². The van der Waals surface area contributed by atoms with Crippen LogP contribution in [0.5, 0.6) is 0 Å². The highest BCUT2D eigenvalue weighted by Gasteiger charge is 2.27. The fourth-order valence-corrected chi connectivity index (χ4v) is 1.83. The first-order valence-electron chi connectivity index (χ1n) is 6.03. The van der Waals surface area contributed by atoms with Crippen LogP contribution in [0.1, 0.15) is 43.4 Å². The monoisotopic (exact) mass is 252 g/mol. The fourth-order valence-electron chi connectivity index (χ4n) is 1.83. The number of hydrogen-bond acceptors (Lipinski definition) is 4. The Morgan fingerprint density at radius 1 is 1.44 bits per heavy atom. The first kappa shape index (κ1) is 14.4. The maximum atomic E-state index is 12.1. The summed E-state index contributed by atoms with van der Waals surface area (Å²) in [6, 6.07) is 1.17. The van der Waals surface area contributed by atoms with Crippen molar-refractivity contribution in [2.45, 2.75) is 40.2 Å². The van der Waals surface area contributed by atoms with Gasteiger partial charge in [0.15, 0.2) is 11.5 Å². The number of likely N-dealkylation sites (N-methyl/N-ethyl adjacent to an activating group) is 1. The molecule has 0 aliphatic heterocycles. The lowest BCUT2D eigenvalue weighted by Gasteiger charge is -2.26. The second-order valence-electron chi connectivity index (χ2n) is 4.99. The van der Waals surface area contributed by atoms with Gasteiger partial charge in [0.1, 0.15) is 5.76 Å². The normalized spacial score (nSPS) is 12.6. The smallest absolute Gasteiger partial charge is 0.276 e. The summed E-state index contributed by atoms with van der Waals surface area (Å²) in [4.78, 5) is 25.2. The van der Waals surface area contributed by atoms with E-state index >= 15 is 0 Å². The van der Waals surface area contributed by atoms with Crippen molar-refractivity contribution in [3.63, 3.8) is 0 Å². The molecular weight excluding hydrogens is 232 g/mol. The summed E-state index contributed by atoms with van der Waals surface area (Å²) in [5.74, 6) is 0.621. The molecule has 1 heterocycles. The summed E-state index contributed by atoms with van der Waals surface area (Å²) in [6.45, 7) is 7.27. The van der Waals surface area contributed by atoms with Crippen LogP contribution in [-0.4, -0.2) is 34.8 Å². The Labute approximate surface area is 107 Å². The van der Waals surface area contributed by atoms with Gasteiger partial charge in [0.25, 0.3) is 5.91 Å². The van der Waals surface area contributed by atoms with E-state index in [1.54, 1.807) is 20.0 Å². The van der Waals surface area contributed by atoms with E-state index < -0.39 is 6.04 Å². The summed E-state index contributed by atoms with van der Waals surface area (Å²) >= 11 is 0. The van der Waals surface area contributed by atoms with Crippen LogP contribution in [0.15, 0.2) is 10.6 Å². The zero-order valence-corrected chi connectivity index (χ0v) is 11.6. The molecule has 0 aliphatic carbocycles. The second-order valence-corrected chi connectivity index (χ2v) is 4.99. The molecule has 1 amide bonds. The van der Waals surface area contributed by atoms with Crippen molar-refractivity contribution in [1.82, 2.24) is 10.1 Å². The Bertz CT molecular complexity index is 437. The standard InChI is InChI=1S/C13H20N2O3/c1-8(2)6-12(10(4)16)15(5)13(17)11-7-9(3)18-14-11/h7-8,12H,6H2,1-5H3/t12-/m1/s1. The van der Waals surface area contributed by atoms with Crippen molar-refractivity contribution in [1.29, 1.82) is 0 Å². The summed E-state index contributed by atoms with van der Waals surface area (Å²) in [7, 11) is 1.63. The number of aromatic nitrogens is 1. The van der Waals surface area contributed by atoms with Crippen molar-refractivity contribution in [2.24, 2.45) is 5.92 Å². The molecule has 0 aromatic carbocycles. The van der Waals surface area contributed by atoms with Gasteiger partial charge < -0.3 is 9.42 Å². The van der Waals surface area contributed by atoms with Gasteiger partial charge in [-0.05, 0) is 26.2 Å². The van der Waals surface area contributed by atoms with Crippen LogP contribution < -0.4 is 0 Å². The maximum Gasteiger partial charge on any atom is 0.276 e. The molecule has 0 saturated carbocycles. The molecule has 18 heavy (non-hydrogen) atoms. The van der Waals surface area contributed by atoms with E-state index in [1.165, 1.54) is 11.8 Å². The molecule has 0 unspecified atom stereocenters. The molecule has 0 fully saturated rings. The van der Waals surface area contributed by atoms with Crippen molar-refractivity contribution in [3.05, 3.63) is 17.5 Å². The highest BCUT2D eigenvalue weighted by molar-refractivity contribution is 5.95. The van der Waals surface area contributed by atoms with Crippen LogP contribution in [-0.2, 0) is 4.79 Å². The van der Waals surface area contributed by atoms with Gasteiger partial charge in [-0.15, -0.1) is 0 Å². The Morgan fingerprint density at radius 3 is 2.44 bits per heavy atom. The molecule has 0 radical (unpaired) electrons. The van der Waals surface area contributed by atoms with E-state index in [2.05, 4.69) is 5.16 Å². The predicted molar refractivity (Wildman–Crippen MR) is 67.3 cm³/mol. The van der Waals surface area contributed by atoms with E-state index in [1.807, 2.05) is 13.8 Å². The molecule has 1 aromatic rings. The van der Waals surface area contributed by atoms with Gasteiger partial charge in [-0.2, -0.15) is 0 Å². The largest absolute Gasteiger partial charge is 0.361 e. The number of carbonyl (C=O) groups is 2. The third-order valence-corrected chi connectivity index (χ3v) is 2.80. The second kappa shape index (κ2) is 5.80. The highest BCUT2D eigenvalue weighted by Crippen LogP contribution is 2.14. The Hall–Kier alpha value is -1.65. The SMILES string of the molecule is CC(=O)[C@@H](CC(C)C)N(C)C(=O)c1cc(C)on1. The Balaban J connectivity index is 2.86. The number of aryl methyl sites for hydroxylation is 1. The van der Waals surface area contributed by atoms with Gasteiger partial charge in [0.2, 0.25) is 0 Å². The molecule has 5 nitrogen and oxygen atoms in total. The topological polar surface area (TPSA) is 63.4 Å². The minimum absolute atomic E-state index is 0.0141. The Kier molecular flexibility index (Phi) is 4.64. The average molecular weight is 252 g/mol. The van der Waals surface area contributed by atoms with Gasteiger partial charge in [0, 0.05) is 13.1 Å². The molecule has 0 bridgehead atoms. The number of carbonyl (C=O) groups excluding carboxylic acids is 2. The summed E-state index contributed by atoms with van der Waals surface area (Å²) in [5, 5.41) is 3.68. The zero-order chi connectivity index (χ0) is 13.9. The first-order valence-corrected chi connectivity index (χ1v) is 6.03. The lowest BCUT2D eigenvalue weighted by Crippen LogP contribution is -2.42. The van der Waals surface area contributed by atoms with Gasteiger partial charge >= 0.3 is 0 Å². The highest BCUT2D eigenvalue weighted by atomic mass is 16.5. The molecule has 1 aromatic heterocycles. The van der Waals surface area contributed by atoms with Crippen LogP contribution in [0.2, 0.25) is 0 Å². The molecular formula is C13H20N2O3. The molecule has 0 aliphatic rings. The van der Waals surface area contributed by atoms with Crippen molar-refractivity contribution in [2.75, 3.05) is 7.05 Å². The summed E-state index contributed by atoms with van der Waals surface area (Å²) in [6.07, 6.45) is 0.647. The minimum atomic E-state index is -0.408. The quantitative estimate of drug-likeness (QED) is 0.804. The average Bonchev–Trinajstić information content (AvgIpc) is 2.70. The molecule has 100 valence electrons. The van der Waals surface area contributed by atoms with Crippen molar-refractivity contribution < 1.29 is 14.1 Å². The van der Waals surface area contributed by atoms with Crippen LogP contribution in [0.25, 0.3) is 0 Å². The molecule has 0 saturated heterocycles. The molecule has 0 N–H and O–H groups in total. The zero-order valence-electron chi connectivity index (χ0n) is 11.6. The minimum Gasteiger partial charge on any atom is -0.361 e. The number of ketones is 1. The fraction of sp³-hybridized carbons (Fsp3) is 0.615. The van der Waals surface area contributed by atoms with Crippen LogP contribution >= 0.6 is 0 Å². The van der Waals surface area contributed by atoms with Crippen LogP contribution in [0.4, 0.5) is 0 Å². The van der Waals surface area contributed by atoms with Crippen molar-refractivity contribution in [3.8, 4) is 0 Å². The van der Waals surface area contributed by atoms with E-state index in [0.29, 0.717) is 18.1 Å². The molecule has 5 heteroatoms. The lowest BCUT2D eigenvalue weighted by atomic mass is 9.99. The van der Waals surface area contributed by atoms with Crippen LogP contribution in [0, 0.1) is 12.8 Å². The number of nitrogens with zero attached hydrogens (tertiary/aromatic N) is 2. The summed E-state index contributed by atoms with van der Waals surface area (Å²) in [5.41, 5.74) is 0.241. The lowest BCUT2D eigenvalue weighted by molar-refractivity contribution is -0.121. The maximum absolute atomic E-state index is 12.1. The third-order valence-electron chi connectivity index (χ3n) is 2.80. The van der Waals surface area contributed by atoms with E-state index in [0.717, 1.165) is 0 Å². The van der Waals surface area contributed by atoms with Gasteiger partial charge in [-0.25, -0.2) is 0 Å². The van der Waals surface area contributed by atoms with Gasteiger partial charge in [0.05, 0.1) is 6.04 Å². The van der Waals surface area contributed by atoms with Gasteiger partial charge in [-0.1, -0.05) is 19.0 Å².